The van der Waals surface area contributed by atoms with E-state index in [2.05, 4.69) is 0 Å². The Hall–Kier alpha value is -2.07. The maximum Gasteiger partial charge on any atom is 0.206 e. The van der Waals surface area contributed by atoms with Gasteiger partial charge < -0.3 is 5.11 Å². The van der Waals surface area contributed by atoms with E-state index in [1.54, 1.807) is 42.5 Å². The normalized spacial score (nSPS) is 15.0. The molecule has 0 amide bonds. The monoisotopic (exact) mass is 286 g/mol. The summed E-state index contributed by atoms with van der Waals surface area (Å²) < 4.78 is 25.2. The molecule has 0 aromatic heterocycles. The average molecular weight is 286 g/mol. The Bertz CT molecular complexity index is 774. The first-order valence-electron chi connectivity index (χ1n) is 6.41. The third kappa shape index (κ3) is 2.02. The zero-order valence-corrected chi connectivity index (χ0v) is 11.6. The number of fused-ring (bicyclic) bond motifs is 1. The van der Waals surface area contributed by atoms with Gasteiger partial charge >= 0.3 is 0 Å². The van der Waals surface area contributed by atoms with Gasteiger partial charge in [-0.2, -0.15) is 0 Å². The summed E-state index contributed by atoms with van der Waals surface area (Å²) in [7, 11) is -3.62. The van der Waals surface area contributed by atoms with E-state index in [1.165, 1.54) is 0 Å². The second kappa shape index (κ2) is 4.80. The molecule has 3 rings (SSSR count). The largest absolute Gasteiger partial charge is 0.506 e. The van der Waals surface area contributed by atoms with Crippen LogP contribution in [0.15, 0.2) is 64.4 Å². The van der Waals surface area contributed by atoms with Crippen LogP contribution in [0.1, 0.15) is 17.5 Å². The zero-order chi connectivity index (χ0) is 14.2. The summed E-state index contributed by atoms with van der Waals surface area (Å²) in [6.45, 7) is 0. The van der Waals surface area contributed by atoms with E-state index < -0.39 is 9.84 Å². The first-order chi connectivity index (χ1) is 9.60. The van der Waals surface area contributed by atoms with Crippen molar-refractivity contribution >= 4 is 15.6 Å². The van der Waals surface area contributed by atoms with Gasteiger partial charge in [0.25, 0.3) is 0 Å². The molecule has 0 aliphatic heterocycles. The summed E-state index contributed by atoms with van der Waals surface area (Å²) in [6, 6.07) is 15.6. The SMILES string of the molecule is O=S(=O)(C1=C(O)c2ccccc2CC1)c1ccccc1. The molecule has 1 aliphatic carbocycles. The average Bonchev–Trinajstić information content (AvgIpc) is 2.48. The molecule has 1 N–H and O–H groups in total. The van der Waals surface area contributed by atoms with Gasteiger partial charge in [0.2, 0.25) is 9.84 Å². The molecule has 0 heterocycles. The van der Waals surface area contributed by atoms with E-state index in [-0.39, 0.29) is 15.6 Å². The van der Waals surface area contributed by atoms with Crippen molar-refractivity contribution in [2.45, 2.75) is 17.7 Å². The quantitative estimate of drug-likeness (QED) is 0.921. The number of sulfone groups is 1. The molecule has 0 spiro atoms. The summed E-state index contributed by atoms with van der Waals surface area (Å²) in [5, 5.41) is 10.3. The molecule has 0 radical (unpaired) electrons. The number of benzene rings is 2. The lowest BCUT2D eigenvalue weighted by molar-refractivity contribution is 0.501. The van der Waals surface area contributed by atoms with Crippen LogP contribution in [0.5, 0.6) is 0 Å². The molecule has 0 bridgehead atoms. The van der Waals surface area contributed by atoms with Gasteiger partial charge in [0.05, 0.1) is 9.80 Å². The lowest BCUT2D eigenvalue weighted by atomic mass is 9.96. The molecular weight excluding hydrogens is 272 g/mol. The van der Waals surface area contributed by atoms with Crippen LogP contribution in [0.2, 0.25) is 0 Å². The third-order valence-corrected chi connectivity index (χ3v) is 5.47. The first-order valence-corrected chi connectivity index (χ1v) is 7.89. The lowest BCUT2D eigenvalue weighted by Gasteiger charge is -2.19. The van der Waals surface area contributed by atoms with E-state index in [0.29, 0.717) is 18.4 Å². The molecule has 1 aliphatic rings. The highest BCUT2D eigenvalue weighted by Gasteiger charge is 2.28. The van der Waals surface area contributed by atoms with Crippen LogP contribution in [0.3, 0.4) is 0 Å². The van der Waals surface area contributed by atoms with Gasteiger partial charge in [0, 0.05) is 5.56 Å². The van der Waals surface area contributed by atoms with Gasteiger partial charge in [-0.25, -0.2) is 8.42 Å². The maximum atomic E-state index is 12.6. The number of rotatable bonds is 2. The molecule has 0 atom stereocenters. The van der Waals surface area contributed by atoms with Crippen molar-refractivity contribution in [2.24, 2.45) is 0 Å². The molecule has 4 heteroatoms. The Kier molecular flexibility index (Phi) is 3.10. The summed E-state index contributed by atoms with van der Waals surface area (Å²) >= 11 is 0. The second-order valence-electron chi connectivity index (χ2n) is 4.75. The van der Waals surface area contributed by atoms with Gasteiger partial charge in [-0.15, -0.1) is 0 Å². The first kappa shape index (κ1) is 12.9. The fourth-order valence-electron chi connectivity index (χ4n) is 2.49. The fourth-order valence-corrected chi connectivity index (χ4v) is 4.02. The predicted octanol–water partition coefficient (Wildman–Crippen LogP) is 3.33. The van der Waals surface area contributed by atoms with E-state index in [4.69, 9.17) is 0 Å². The number of aryl methyl sites for hydroxylation is 1. The highest BCUT2D eigenvalue weighted by molar-refractivity contribution is 7.95. The van der Waals surface area contributed by atoms with Gasteiger partial charge in [0.15, 0.2) is 0 Å². The van der Waals surface area contributed by atoms with Crippen molar-refractivity contribution in [1.82, 2.24) is 0 Å². The van der Waals surface area contributed by atoms with Crippen LogP contribution >= 0.6 is 0 Å². The minimum atomic E-state index is -3.62. The summed E-state index contributed by atoms with van der Waals surface area (Å²) in [5.74, 6) is -0.115. The molecule has 0 saturated heterocycles. The van der Waals surface area contributed by atoms with Gasteiger partial charge in [-0.1, -0.05) is 42.5 Å². The number of allylic oxidation sites excluding steroid dienone is 1. The summed E-state index contributed by atoms with van der Waals surface area (Å²) in [4.78, 5) is 0.336. The Morgan fingerprint density at radius 3 is 2.25 bits per heavy atom. The minimum absolute atomic E-state index is 0.113. The molecule has 2 aromatic carbocycles. The Balaban J connectivity index is 2.17. The van der Waals surface area contributed by atoms with Crippen molar-refractivity contribution in [3.8, 4) is 0 Å². The van der Waals surface area contributed by atoms with Gasteiger partial charge in [-0.05, 0) is 30.5 Å². The lowest BCUT2D eigenvalue weighted by Crippen LogP contribution is -2.13. The minimum Gasteiger partial charge on any atom is -0.506 e. The smallest absolute Gasteiger partial charge is 0.206 e. The summed E-state index contributed by atoms with van der Waals surface area (Å²) in [6.07, 6.45) is 0.960. The second-order valence-corrected chi connectivity index (χ2v) is 6.72. The number of hydrogen-bond acceptors (Lipinski definition) is 3. The van der Waals surface area contributed by atoms with Crippen LogP contribution in [0.25, 0.3) is 5.76 Å². The molecule has 102 valence electrons. The van der Waals surface area contributed by atoms with Crippen molar-refractivity contribution in [3.05, 3.63) is 70.6 Å². The Labute approximate surface area is 118 Å². The van der Waals surface area contributed by atoms with Gasteiger partial charge in [0.1, 0.15) is 5.76 Å². The van der Waals surface area contributed by atoms with E-state index >= 15 is 0 Å². The summed E-state index contributed by atoms with van der Waals surface area (Å²) in [5.41, 5.74) is 1.60. The fraction of sp³-hybridized carbons (Fsp3) is 0.125. The Morgan fingerprint density at radius 1 is 0.850 bits per heavy atom. The third-order valence-electron chi connectivity index (χ3n) is 3.54. The standard InChI is InChI=1S/C16H14O3S/c17-16-14-9-5-4-6-12(14)10-11-15(16)20(18,19)13-7-2-1-3-8-13/h1-9,17H,10-11H2. The topological polar surface area (TPSA) is 54.4 Å². The molecule has 0 unspecified atom stereocenters. The molecule has 2 aromatic rings. The van der Waals surface area contributed by atoms with E-state index in [1.807, 2.05) is 12.1 Å². The van der Waals surface area contributed by atoms with Crippen LogP contribution in [0.4, 0.5) is 0 Å². The number of aliphatic hydroxyl groups excluding tert-OH is 1. The van der Waals surface area contributed by atoms with Crippen molar-refractivity contribution in [2.75, 3.05) is 0 Å². The molecule has 0 saturated carbocycles. The van der Waals surface area contributed by atoms with E-state index in [0.717, 1.165) is 5.56 Å². The molecule has 20 heavy (non-hydrogen) atoms. The highest BCUT2D eigenvalue weighted by atomic mass is 32.2. The molecular formula is C16H14O3S. The Morgan fingerprint density at radius 2 is 1.50 bits per heavy atom. The van der Waals surface area contributed by atoms with Crippen LogP contribution in [-0.2, 0) is 16.3 Å². The molecule has 0 fully saturated rings. The van der Waals surface area contributed by atoms with Crippen LogP contribution < -0.4 is 0 Å². The van der Waals surface area contributed by atoms with Crippen molar-refractivity contribution < 1.29 is 13.5 Å². The van der Waals surface area contributed by atoms with Crippen molar-refractivity contribution in [3.63, 3.8) is 0 Å². The van der Waals surface area contributed by atoms with Gasteiger partial charge in [-0.3, -0.25) is 0 Å². The zero-order valence-electron chi connectivity index (χ0n) is 10.8. The predicted molar refractivity (Wildman–Crippen MR) is 77.9 cm³/mol. The highest BCUT2D eigenvalue weighted by Crippen LogP contribution is 2.35. The van der Waals surface area contributed by atoms with Crippen LogP contribution in [0, 0.1) is 0 Å². The maximum absolute atomic E-state index is 12.6. The van der Waals surface area contributed by atoms with Crippen LogP contribution in [-0.4, -0.2) is 13.5 Å². The number of aliphatic hydroxyl groups is 1. The van der Waals surface area contributed by atoms with Crippen molar-refractivity contribution in [1.29, 1.82) is 0 Å². The molecule has 3 nitrogen and oxygen atoms in total. The van der Waals surface area contributed by atoms with E-state index in [9.17, 15) is 13.5 Å². The number of hydrogen-bond donors (Lipinski definition) is 1.